The summed E-state index contributed by atoms with van der Waals surface area (Å²) >= 11 is 0. The standard InChI is InChI=1S/C19H18F2N4O2/c20-13-1-2-16(15(21)5-13)25-4-3-14-18(25)23-10-24-19(14)27-17-11-6-22-7-12(17)9-26-8-11/h1-5,10-12,17,22H,6-9H2. The Bertz CT molecular complexity index is 971. The van der Waals surface area contributed by atoms with Gasteiger partial charge in [0, 0.05) is 37.2 Å². The number of nitrogens with one attached hydrogen (secondary N) is 1. The number of benzene rings is 1. The Morgan fingerprint density at radius 2 is 1.93 bits per heavy atom. The summed E-state index contributed by atoms with van der Waals surface area (Å²) in [6, 6.07) is 5.26. The predicted molar refractivity (Wildman–Crippen MR) is 93.9 cm³/mol. The summed E-state index contributed by atoms with van der Waals surface area (Å²) in [6.45, 7) is 3.00. The fourth-order valence-corrected chi connectivity index (χ4v) is 3.96. The van der Waals surface area contributed by atoms with Gasteiger partial charge in [-0.15, -0.1) is 0 Å². The largest absolute Gasteiger partial charge is 0.473 e. The predicted octanol–water partition coefficient (Wildman–Crippen LogP) is 2.31. The molecule has 2 fully saturated rings. The van der Waals surface area contributed by atoms with E-state index in [-0.39, 0.29) is 23.6 Å². The molecule has 5 rings (SSSR count). The van der Waals surface area contributed by atoms with E-state index in [1.165, 1.54) is 18.5 Å². The zero-order valence-corrected chi connectivity index (χ0v) is 14.4. The van der Waals surface area contributed by atoms with E-state index in [2.05, 4.69) is 15.3 Å². The fraction of sp³-hybridized carbons (Fsp3) is 0.368. The average molecular weight is 372 g/mol. The molecule has 6 nitrogen and oxygen atoms in total. The number of nitrogens with zero attached hydrogens (tertiary/aromatic N) is 3. The second kappa shape index (κ2) is 6.54. The van der Waals surface area contributed by atoms with Gasteiger partial charge in [0.15, 0.2) is 5.65 Å². The molecule has 0 radical (unpaired) electrons. The first-order chi connectivity index (χ1) is 13.2. The molecule has 1 N–H and O–H groups in total. The fourth-order valence-electron chi connectivity index (χ4n) is 3.96. The minimum Gasteiger partial charge on any atom is -0.473 e. The van der Waals surface area contributed by atoms with Crippen LogP contribution in [0.1, 0.15) is 0 Å². The van der Waals surface area contributed by atoms with Gasteiger partial charge >= 0.3 is 0 Å². The molecule has 0 aliphatic carbocycles. The topological polar surface area (TPSA) is 61.2 Å². The highest BCUT2D eigenvalue weighted by Crippen LogP contribution is 2.32. The van der Waals surface area contributed by atoms with E-state index in [0.717, 1.165) is 19.2 Å². The van der Waals surface area contributed by atoms with E-state index in [1.54, 1.807) is 16.8 Å². The zero-order chi connectivity index (χ0) is 18.4. The van der Waals surface area contributed by atoms with E-state index < -0.39 is 11.6 Å². The molecular weight excluding hydrogens is 354 g/mol. The number of halogens is 2. The Hall–Kier alpha value is -2.58. The lowest BCUT2D eigenvalue weighted by Crippen LogP contribution is -2.56. The molecule has 1 aromatic carbocycles. The first-order valence-electron chi connectivity index (χ1n) is 8.93. The van der Waals surface area contributed by atoms with E-state index in [4.69, 9.17) is 9.47 Å². The van der Waals surface area contributed by atoms with Crippen molar-refractivity contribution in [1.82, 2.24) is 19.9 Å². The maximum Gasteiger partial charge on any atom is 0.226 e. The van der Waals surface area contributed by atoms with Crippen LogP contribution in [0.2, 0.25) is 0 Å². The van der Waals surface area contributed by atoms with Gasteiger partial charge in [-0.25, -0.2) is 18.7 Å². The van der Waals surface area contributed by atoms with Gasteiger partial charge < -0.3 is 14.8 Å². The van der Waals surface area contributed by atoms with Gasteiger partial charge in [0.2, 0.25) is 5.88 Å². The molecule has 27 heavy (non-hydrogen) atoms. The first kappa shape index (κ1) is 16.6. The molecule has 2 aliphatic rings. The third-order valence-corrected chi connectivity index (χ3v) is 5.27. The second-order valence-corrected chi connectivity index (χ2v) is 7.00. The van der Waals surface area contributed by atoms with Crippen molar-refractivity contribution in [3.05, 3.63) is 48.4 Å². The maximum atomic E-state index is 14.2. The van der Waals surface area contributed by atoms with Crippen molar-refractivity contribution in [2.24, 2.45) is 11.8 Å². The molecule has 140 valence electrons. The van der Waals surface area contributed by atoms with E-state index >= 15 is 0 Å². The number of hydrogen-bond donors (Lipinski definition) is 1. The highest BCUT2D eigenvalue weighted by Gasteiger charge is 2.39. The van der Waals surface area contributed by atoms with Crippen molar-refractivity contribution < 1.29 is 18.3 Å². The minimum atomic E-state index is -0.654. The summed E-state index contributed by atoms with van der Waals surface area (Å²) in [7, 11) is 0. The van der Waals surface area contributed by atoms with Crippen LogP contribution >= 0.6 is 0 Å². The van der Waals surface area contributed by atoms with Gasteiger partial charge in [-0.1, -0.05) is 0 Å². The molecule has 4 heterocycles. The molecule has 2 atom stereocenters. The Morgan fingerprint density at radius 1 is 1.11 bits per heavy atom. The van der Waals surface area contributed by atoms with Gasteiger partial charge in [0.25, 0.3) is 0 Å². The Morgan fingerprint density at radius 3 is 2.70 bits per heavy atom. The summed E-state index contributed by atoms with van der Waals surface area (Å²) in [4.78, 5) is 8.59. The van der Waals surface area contributed by atoms with Crippen LogP contribution in [0.15, 0.2) is 36.8 Å². The van der Waals surface area contributed by atoms with Crippen LogP contribution in [-0.4, -0.2) is 46.9 Å². The van der Waals surface area contributed by atoms with Gasteiger partial charge in [-0.3, -0.25) is 4.57 Å². The number of fused-ring (bicyclic) bond motifs is 3. The molecule has 2 saturated heterocycles. The van der Waals surface area contributed by atoms with Crippen LogP contribution in [0, 0.1) is 23.5 Å². The van der Waals surface area contributed by atoms with E-state index in [9.17, 15) is 8.78 Å². The van der Waals surface area contributed by atoms with Gasteiger partial charge in [-0.05, 0) is 18.2 Å². The van der Waals surface area contributed by atoms with Crippen molar-refractivity contribution >= 4 is 11.0 Å². The molecule has 0 saturated carbocycles. The van der Waals surface area contributed by atoms with Crippen LogP contribution in [0.5, 0.6) is 5.88 Å². The summed E-state index contributed by atoms with van der Waals surface area (Å²) in [6.07, 6.45) is 3.11. The number of piperidine rings is 1. The third kappa shape index (κ3) is 2.85. The van der Waals surface area contributed by atoms with Crippen LogP contribution < -0.4 is 10.1 Å². The summed E-state index contributed by atoms with van der Waals surface area (Å²) in [5.41, 5.74) is 0.740. The number of rotatable bonds is 3. The number of hydrogen-bond acceptors (Lipinski definition) is 5. The lowest BCUT2D eigenvalue weighted by atomic mass is 9.86. The molecule has 2 unspecified atom stereocenters. The quantitative estimate of drug-likeness (QED) is 0.765. The van der Waals surface area contributed by atoms with Crippen LogP contribution in [0.3, 0.4) is 0 Å². The minimum absolute atomic E-state index is 0.0176. The normalized spacial score (nSPS) is 24.9. The molecule has 2 bridgehead atoms. The van der Waals surface area contributed by atoms with Crippen molar-refractivity contribution in [2.75, 3.05) is 26.3 Å². The second-order valence-electron chi connectivity index (χ2n) is 7.00. The smallest absolute Gasteiger partial charge is 0.226 e. The lowest BCUT2D eigenvalue weighted by Gasteiger charge is -2.42. The molecule has 8 heteroatoms. The van der Waals surface area contributed by atoms with E-state index in [1.807, 2.05) is 0 Å². The number of ether oxygens (including phenoxy) is 2. The SMILES string of the molecule is Fc1ccc(-n2ccc3c(OC4C5CNCC4COC5)ncnc32)c(F)c1. The van der Waals surface area contributed by atoms with Crippen LogP contribution in [0.25, 0.3) is 16.7 Å². The van der Waals surface area contributed by atoms with Gasteiger partial charge in [0.1, 0.15) is 24.1 Å². The summed E-state index contributed by atoms with van der Waals surface area (Å²) < 4.78 is 41.0. The molecule has 0 amide bonds. The van der Waals surface area contributed by atoms with Crippen LogP contribution in [0.4, 0.5) is 8.78 Å². The van der Waals surface area contributed by atoms with Crippen molar-refractivity contribution in [2.45, 2.75) is 6.10 Å². The lowest BCUT2D eigenvalue weighted by molar-refractivity contribution is -0.0829. The molecule has 3 aromatic rings. The van der Waals surface area contributed by atoms with Crippen molar-refractivity contribution in [1.29, 1.82) is 0 Å². The summed E-state index contributed by atoms with van der Waals surface area (Å²) in [5, 5.41) is 4.10. The van der Waals surface area contributed by atoms with Crippen molar-refractivity contribution in [3.8, 4) is 11.6 Å². The highest BCUT2D eigenvalue weighted by molar-refractivity contribution is 5.82. The Balaban J connectivity index is 1.52. The summed E-state index contributed by atoms with van der Waals surface area (Å²) in [5.74, 6) is -0.270. The average Bonchev–Trinajstić information content (AvgIpc) is 3.06. The number of aromatic nitrogens is 3. The molecular formula is C19H18F2N4O2. The van der Waals surface area contributed by atoms with E-state index in [0.29, 0.717) is 30.1 Å². The molecule has 2 aliphatic heterocycles. The van der Waals surface area contributed by atoms with Crippen LogP contribution in [-0.2, 0) is 4.74 Å². The monoisotopic (exact) mass is 372 g/mol. The zero-order valence-electron chi connectivity index (χ0n) is 14.4. The highest BCUT2D eigenvalue weighted by atomic mass is 19.1. The third-order valence-electron chi connectivity index (χ3n) is 5.27. The van der Waals surface area contributed by atoms with Gasteiger partial charge in [-0.2, -0.15) is 0 Å². The Labute approximate surface area is 154 Å². The van der Waals surface area contributed by atoms with Crippen molar-refractivity contribution in [3.63, 3.8) is 0 Å². The molecule has 0 spiro atoms. The first-order valence-corrected chi connectivity index (χ1v) is 8.93. The maximum absolute atomic E-state index is 14.2. The molecule has 2 aromatic heterocycles. The van der Waals surface area contributed by atoms with Gasteiger partial charge in [0.05, 0.1) is 24.3 Å². The Kier molecular flexibility index (Phi) is 4.02.